The fourth-order valence-electron chi connectivity index (χ4n) is 3.21. The van der Waals surface area contributed by atoms with E-state index in [-0.39, 0.29) is 16.5 Å². The summed E-state index contributed by atoms with van der Waals surface area (Å²) in [4.78, 5) is 0.0769. The molecule has 0 fully saturated rings. The molecular weight excluding hydrogens is 308 g/mol. The summed E-state index contributed by atoms with van der Waals surface area (Å²) in [6.45, 7) is 0. The van der Waals surface area contributed by atoms with E-state index >= 15 is 0 Å². The average Bonchev–Trinajstić information content (AvgIpc) is 2.60. The number of sulfonamides is 1. The molecule has 1 aliphatic carbocycles. The summed E-state index contributed by atoms with van der Waals surface area (Å²) in [6.07, 6.45) is 2.73. The van der Waals surface area contributed by atoms with Gasteiger partial charge in [-0.3, -0.25) is 0 Å². The van der Waals surface area contributed by atoms with Gasteiger partial charge in [-0.1, -0.05) is 36.4 Å². The first-order valence-electron chi connectivity index (χ1n) is 7.60. The van der Waals surface area contributed by atoms with Crippen molar-refractivity contribution in [3.63, 3.8) is 0 Å². The molecule has 0 heterocycles. The Morgan fingerprint density at radius 2 is 1.83 bits per heavy atom. The Labute approximate surface area is 137 Å². The van der Waals surface area contributed by atoms with Gasteiger partial charge >= 0.3 is 0 Å². The van der Waals surface area contributed by atoms with Crippen molar-refractivity contribution in [2.45, 2.75) is 30.2 Å². The molecule has 0 aromatic heterocycles. The van der Waals surface area contributed by atoms with E-state index < -0.39 is 10.0 Å². The van der Waals surface area contributed by atoms with Crippen LogP contribution in [0.3, 0.4) is 0 Å². The second-order valence-electron chi connectivity index (χ2n) is 5.74. The van der Waals surface area contributed by atoms with Gasteiger partial charge in [0.1, 0.15) is 6.07 Å². The smallest absolute Gasteiger partial charge is 0.207 e. The lowest BCUT2D eigenvalue weighted by Gasteiger charge is -2.32. The largest absolute Gasteiger partial charge is 0.244 e. The Hall–Kier alpha value is -2.16. The van der Waals surface area contributed by atoms with Crippen LogP contribution in [0.2, 0.25) is 0 Å². The van der Waals surface area contributed by atoms with Gasteiger partial charge in [0.05, 0.1) is 10.5 Å². The Morgan fingerprint density at radius 3 is 2.61 bits per heavy atom. The highest BCUT2D eigenvalue weighted by Gasteiger charge is 2.33. The van der Waals surface area contributed by atoms with Crippen LogP contribution in [-0.4, -0.2) is 19.8 Å². The maximum atomic E-state index is 13.0. The molecule has 0 amide bonds. The van der Waals surface area contributed by atoms with Crippen molar-refractivity contribution in [2.24, 2.45) is 0 Å². The highest BCUT2D eigenvalue weighted by molar-refractivity contribution is 7.89. The molecule has 5 heteroatoms. The van der Waals surface area contributed by atoms with E-state index in [1.165, 1.54) is 22.0 Å². The van der Waals surface area contributed by atoms with E-state index in [0.717, 1.165) is 24.8 Å². The summed E-state index contributed by atoms with van der Waals surface area (Å²) in [5, 5.41) is 9.20. The molecule has 118 valence electrons. The van der Waals surface area contributed by atoms with E-state index in [9.17, 15) is 13.7 Å². The molecule has 0 saturated carbocycles. The second-order valence-corrected chi connectivity index (χ2v) is 7.70. The number of nitriles is 1. The molecule has 0 unspecified atom stereocenters. The SMILES string of the molecule is CN([C@@H]1CCCc2ccccc21)S(=O)(=O)c1ccccc1C#N. The van der Waals surface area contributed by atoms with Gasteiger partial charge in [-0.05, 0) is 42.5 Å². The molecule has 1 aliphatic rings. The van der Waals surface area contributed by atoms with Crippen molar-refractivity contribution < 1.29 is 8.42 Å². The van der Waals surface area contributed by atoms with Crippen LogP contribution < -0.4 is 0 Å². The number of benzene rings is 2. The van der Waals surface area contributed by atoms with Crippen molar-refractivity contribution in [3.8, 4) is 6.07 Å². The summed E-state index contributed by atoms with van der Waals surface area (Å²) >= 11 is 0. The van der Waals surface area contributed by atoms with Crippen LogP contribution in [0.5, 0.6) is 0 Å². The minimum absolute atomic E-state index is 0.0769. The van der Waals surface area contributed by atoms with Crippen LogP contribution in [-0.2, 0) is 16.4 Å². The zero-order chi connectivity index (χ0) is 16.4. The standard InChI is InChI=1S/C18H18N2O2S/c1-20(17-11-6-9-14-7-2-4-10-16(14)17)23(21,22)18-12-5-3-8-15(18)13-19/h2-5,7-8,10,12,17H,6,9,11H2,1H3/t17-/m1/s1. The summed E-state index contributed by atoms with van der Waals surface area (Å²) < 4.78 is 27.4. The molecule has 0 saturated heterocycles. The van der Waals surface area contributed by atoms with Crippen molar-refractivity contribution in [1.29, 1.82) is 5.26 Å². The molecule has 23 heavy (non-hydrogen) atoms. The lowest BCUT2D eigenvalue weighted by atomic mass is 9.88. The predicted octanol–water partition coefficient (Wildman–Crippen LogP) is 3.26. The monoisotopic (exact) mass is 326 g/mol. The van der Waals surface area contributed by atoms with Crippen molar-refractivity contribution in [3.05, 3.63) is 65.2 Å². The van der Waals surface area contributed by atoms with E-state index in [2.05, 4.69) is 6.07 Å². The summed E-state index contributed by atoms with van der Waals surface area (Å²) in [5.41, 5.74) is 2.46. The van der Waals surface area contributed by atoms with Crippen LogP contribution in [0.4, 0.5) is 0 Å². The number of fused-ring (bicyclic) bond motifs is 1. The fourth-order valence-corrected chi connectivity index (χ4v) is 4.72. The summed E-state index contributed by atoms with van der Waals surface area (Å²) in [7, 11) is -2.11. The Balaban J connectivity index is 2.04. The maximum Gasteiger partial charge on any atom is 0.244 e. The van der Waals surface area contributed by atoms with Gasteiger partial charge in [-0.2, -0.15) is 9.57 Å². The highest BCUT2D eigenvalue weighted by Crippen LogP contribution is 2.36. The zero-order valence-electron chi connectivity index (χ0n) is 12.9. The number of nitrogens with zero attached hydrogens (tertiary/aromatic N) is 2. The fraction of sp³-hybridized carbons (Fsp3) is 0.278. The van der Waals surface area contributed by atoms with E-state index in [4.69, 9.17) is 0 Å². The maximum absolute atomic E-state index is 13.0. The van der Waals surface area contributed by atoms with Crippen LogP contribution in [0.15, 0.2) is 53.4 Å². The lowest BCUT2D eigenvalue weighted by molar-refractivity contribution is 0.337. The molecule has 2 aromatic rings. The second kappa shape index (κ2) is 6.15. The van der Waals surface area contributed by atoms with Crippen LogP contribution >= 0.6 is 0 Å². The molecule has 0 bridgehead atoms. The first-order chi connectivity index (χ1) is 11.1. The predicted molar refractivity (Wildman–Crippen MR) is 88.2 cm³/mol. The molecule has 1 atom stereocenters. The van der Waals surface area contributed by atoms with Gasteiger partial charge in [-0.25, -0.2) is 8.42 Å². The molecule has 0 N–H and O–H groups in total. The quantitative estimate of drug-likeness (QED) is 0.870. The van der Waals surface area contributed by atoms with Gasteiger partial charge in [0.15, 0.2) is 0 Å². The first-order valence-corrected chi connectivity index (χ1v) is 9.04. The van der Waals surface area contributed by atoms with Gasteiger partial charge in [0, 0.05) is 13.1 Å². The Kier molecular flexibility index (Phi) is 4.20. The third kappa shape index (κ3) is 2.76. The topological polar surface area (TPSA) is 61.2 Å². The van der Waals surface area contributed by atoms with Crippen molar-refractivity contribution >= 4 is 10.0 Å². The molecule has 4 nitrogen and oxygen atoms in total. The molecule has 0 radical (unpaired) electrons. The number of aryl methyl sites for hydroxylation is 1. The van der Waals surface area contributed by atoms with E-state index in [1.54, 1.807) is 19.2 Å². The van der Waals surface area contributed by atoms with Gasteiger partial charge in [0.25, 0.3) is 0 Å². The van der Waals surface area contributed by atoms with Gasteiger partial charge in [-0.15, -0.1) is 0 Å². The van der Waals surface area contributed by atoms with Crippen LogP contribution in [0, 0.1) is 11.3 Å². The Bertz CT molecular complexity index is 869. The van der Waals surface area contributed by atoms with Crippen molar-refractivity contribution in [1.82, 2.24) is 4.31 Å². The average molecular weight is 326 g/mol. The lowest BCUT2D eigenvalue weighted by Crippen LogP contribution is -2.33. The minimum Gasteiger partial charge on any atom is -0.207 e. The number of hydrogen-bond donors (Lipinski definition) is 0. The summed E-state index contributed by atoms with van der Waals surface area (Å²) in [5.74, 6) is 0. The highest BCUT2D eigenvalue weighted by atomic mass is 32.2. The van der Waals surface area contributed by atoms with Gasteiger partial charge < -0.3 is 0 Å². The molecule has 0 aliphatic heterocycles. The normalized spacial score (nSPS) is 17.5. The van der Waals surface area contributed by atoms with E-state index in [1.807, 2.05) is 24.3 Å². The number of rotatable bonds is 3. The van der Waals surface area contributed by atoms with Crippen LogP contribution in [0.1, 0.15) is 35.6 Å². The molecule has 0 spiro atoms. The Morgan fingerprint density at radius 1 is 1.13 bits per heavy atom. The third-order valence-corrected chi connectivity index (χ3v) is 6.37. The molecule has 2 aromatic carbocycles. The molecule has 3 rings (SSSR count). The van der Waals surface area contributed by atoms with Gasteiger partial charge in [0.2, 0.25) is 10.0 Å². The zero-order valence-corrected chi connectivity index (χ0v) is 13.8. The van der Waals surface area contributed by atoms with E-state index in [0.29, 0.717) is 0 Å². The third-order valence-electron chi connectivity index (χ3n) is 4.44. The van der Waals surface area contributed by atoms with Crippen LogP contribution in [0.25, 0.3) is 0 Å². The molecular formula is C18H18N2O2S. The van der Waals surface area contributed by atoms with Crippen molar-refractivity contribution in [2.75, 3.05) is 7.05 Å². The summed E-state index contributed by atoms with van der Waals surface area (Å²) in [6, 6.07) is 16.1. The number of hydrogen-bond acceptors (Lipinski definition) is 3. The first kappa shape index (κ1) is 15.7. The minimum atomic E-state index is -3.71.